The number of aromatic nitrogens is 4. The number of hydrogen-bond donors (Lipinski definition) is 0. The van der Waals surface area contributed by atoms with Gasteiger partial charge in [0.25, 0.3) is 0 Å². The Bertz CT molecular complexity index is 526. The van der Waals surface area contributed by atoms with E-state index in [1.807, 2.05) is 0 Å². The summed E-state index contributed by atoms with van der Waals surface area (Å²) in [4.78, 5) is 19.7. The zero-order valence-electron chi connectivity index (χ0n) is 9.00. The summed E-state index contributed by atoms with van der Waals surface area (Å²) in [7, 11) is 0. The lowest BCUT2D eigenvalue weighted by atomic mass is 10.4. The van der Waals surface area contributed by atoms with Gasteiger partial charge in [-0.25, -0.2) is 14.5 Å². The van der Waals surface area contributed by atoms with Crippen molar-refractivity contribution in [1.29, 1.82) is 0 Å². The van der Waals surface area contributed by atoms with Gasteiger partial charge in [0.2, 0.25) is 0 Å². The van der Waals surface area contributed by atoms with E-state index in [1.54, 1.807) is 19.2 Å². The summed E-state index contributed by atoms with van der Waals surface area (Å²) < 4.78 is 6.85. The molecule has 2 aromatic heterocycles. The largest absolute Gasteiger partial charge is 0.461 e. The third kappa shape index (κ3) is 2.50. The van der Waals surface area contributed by atoms with Gasteiger partial charge in [0, 0.05) is 18.5 Å². The fraction of sp³-hybridized carbons (Fsp3) is 0.200. The lowest BCUT2D eigenvalue weighted by Gasteiger charge is -2.04. The summed E-state index contributed by atoms with van der Waals surface area (Å²) >= 11 is 3.21. The second-order valence-corrected chi connectivity index (χ2v) is 3.86. The number of carbonyl (C=O) groups excluding carboxylic acids is 1. The minimum absolute atomic E-state index is 0.305. The molecule has 2 rings (SSSR count). The first-order chi connectivity index (χ1) is 8.22. The molecule has 0 atom stereocenters. The highest BCUT2D eigenvalue weighted by atomic mass is 79.9. The van der Waals surface area contributed by atoms with Crippen molar-refractivity contribution in [3.63, 3.8) is 0 Å². The minimum atomic E-state index is -0.448. The van der Waals surface area contributed by atoms with E-state index in [-0.39, 0.29) is 0 Å². The molecule has 0 saturated heterocycles. The van der Waals surface area contributed by atoms with E-state index in [4.69, 9.17) is 4.74 Å². The molecule has 0 aliphatic rings. The molecule has 0 saturated carbocycles. The summed E-state index contributed by atoms with van der Waals surface area (Å²) in [6, 6.07) is 1.58. The maximum Gasteiger partial charge on any atom is 0.357 e. The normalized spacial score (nSPS) is 10.2. The van der Waals surface area contributed by atoms with Crippen LogP contribution in [0.25, 0.3) is 5.82 Å². The molecule has 0 radical (unpaired) electrons. The quantitative estimate of drug-likeness (QED) is 0.805. The molecule has 7 heteroatoms. The van der Waals surface area contributed by atoms with Crippen LogP contribution in [0.1, 0.15) is 17.4 Å². The van der Waals surface area contributed by atoms with Crippen LogP contribution in [-0.2, 0) is 4.74 Å². The highest BCUT2D eigenvalue weighted by molar-refractivity contribution is 9.10. The number of nitrogens with zero attached hydrogens (tertiary/aromatic N) is 4. The van der Waals surface area contributed by atoms with Gasteiger partial charge in [0.05, 0.1) is 12.8 Å². The third-order valence-electron chi connectivity index (χ3n) is 1.93. The predicted octanol–water partition coefficient (Wildman–Crippen LogP) is 1.60. The van der Waals surface area contributed by atoms with Gasteiger partial charge in [0.15, 0.2) is 11.5 Å². The molecule has 0 N–H and O–H groups in total. The van der Waals surface area contributed by atoms with Crippen LogP contribution in [-0.4, -0.2) is 32.3 Å². The molecule has 0 unspecified atom stereocenters. The van der Waals surface area contributed by atoms with E-state index in [0.717, 1.165) is 0 Å². The Morgan fingerprint density at radius 2 is 2.35 bits per heavy atom. The number of rotatable bonds is 3. The monoisotopic (exact) mass is 296 g/mol. The summed E-state index contributed by atoms with van der Waals surface area (Å²) in [6.07, 6.45) is 4.59. The van der Waals surface area contributed by atoms with Crippen LogP contribution >= 0.6 is 15.9 Å². The Labute approximate surface area is 106 Å². The molecular weight excluding hydrogens is 288 g/mol. The maximum absolute atomic E-state index is 11.7. The van der Waals surface area contributed by atoms with Crippen molar-refractivity contribution < 1.29 is 9.53 Å². The standard InChI is InChI=1S/C10H9BrN4O2/c1-2-17-10(16)7-5-8(11)14-15(7)9-6-12-3-4-13-9/h3-6H,2H2,1H3. The minimum Gasteiger partial charge on any atom is -0.461 e. The summed E-state index contributed by atoms with van der Waals surface area (Å²) in [5.74, 6) is 0.0117. The zero-order valence-corrected chi connectivity index (χ0v) is 10.6. The molecule has 0 aromatic carbocycles. The average molecular weight is 297 g/mol. The zero-order chi connectivity index (χ0) is 12.3. The number of hydrogen-bond acceptors (Lipinski definition) is 5. The van der Waals surface area contributed by atoms with Crippen LogP contribution in [0.15, 0.2) is 29.3 Å². The van der Waals surface area contributed by atoms with Crippen LogP contribution < -0.4 is 0 Å². The Morgan fingerprint density at radius 1 is 1.53 bits per heavy atom. The van der Waals surface area contributed by atoms with Gasteiger partial charge in [-0.1, -0.05) is 0 Å². The molecule has 0 fully saturated rings. The number of ether oxygens (including phenoxy) is 1. The first-order valence-corrected chi connectivity index (χ1v) is 5.70. The Kier molecular flexibility index (Phi) is 3.48. The van der Waals surface area contributed by atoms with Crippen LogP contribution in [0.3, 0.4) is 0 Å². The van der Waals surface area contributed by atoms with Gasteiger partial charge in [-0.15, -0.1) is 0 Å². The Hall–Kier alpha value is -1.76. The van der Waals surface area contributed by atoms with Crippen molar-refractivity contribution in [2.45, 2.75) is 6.92 Å². The average Bonchev–Trinajstić information content (AvgIpc) is 2.73. The molecule has 6 nitrogen and oxygen atoms in total. The smallest absolute Gasteiger partial charge is 0.357 e. The second-order valence-electron chi connectivity index (χ2n) is 3.05. The van der Waals surface area contributed by atoms with Gasteiger partial charge in [0.1, 0.15) is 4.60 Å². The fourth-order valence-corrected chi connectivity index (χ4v) is 1.65. The lowest BCUT2D eigenvalue weighted by Crippen LogP contribution is -2.12. The van der Waals surface area contributed by atoms with Gasteiger partial charge < -0.3 is 4.74 Å². The molecule has 88 valence electrons. The van der Waals surface area contributed by atoms with E-state index >= 15 is 0 Å². The number of carbonyl (C=O) groups is 1. The molecule has 0 aliphatic carbocycles. The summed E-state index contributed by atoms with van der Waals surface area (Å²) in [5.41, 5.74) is 0.305. The van der Waals surface area contributed by atoms with Gasteiger partial charge in [-0.05, 0) is 22.9 Å². The van der Waals surface area contributed by atoms with Gasteiger partial charge >= 0.3 is 5.97 Å². The summed E-state index contributed by atoms with van der Waals surface area (Å²) in [5, 5.41) is 4.11. The fourth-order valence-electron chi connectivity index (χ4n) is 1.28. The van der Waals surface area contributed by atoms with E-state index in [0.29, 0.717) is 22.7 Å². The molecule has 17 heavy (non-hydrogen) atoms. The molecule has 2 heterocycles. The third-order valence-corrected chi connectivity index (χ3v) is 2.32. The Morgan fingerprint density at radius 3 is 3.00 bits per heavy atom. The van der Waals surface area contributed by atoms with Gasteiger partial charge in [-0.3, -0.25) is 4.98 Å². The van der Waals surface area contributed by atoms with E-state index < -0.39 is 5.97 Å². The van der Waals surface area contributed by atoms with Crippen molar-refractivity contribution in [3.05, 3.63) is 35.0 Å². The highest BCUT2D eigenvalue weighted by Gasteiger charge is 2.17. The maximum atomic E-state index is 11.7. The van der Waals surface area contributed by atoms with Gasteiger partial charge in [-0.2, -0.15) is 5.10 Å². The molecule has 0 amide bonds. The lowest BCUT2D eigenvalue weighted by molar-refractivity contribution is 0.0515. The molecule has 0 spiro atoms. The first kappa shape index (κ1) is 11.7. The van der Waals surface area contributed by atoms with Crippen LogP contribution in [0.4, 0.5) is 0 Å². The topological polar surface area (TPSA) is 69.9 Å². The van der Waals surface area contributed by atoms with Crippen molar-refractivity contribution >= 4 is 21.9 Å². The molecule has 2 aromatic rings. The van der Waals surface area contributed by atoms with Crippen LogP contribution in [0.2, 0.25) is 0 Å². The van der Waals surface area contributed by atoms with Crippen LogP contribution in [0, 0.1) is 0 Å². The predicted molar refractivity (Wildman–Crippen MR) is 62.8 cm³/mol. The first-order valence-electron chi connectivity index (χ1n) is 4.91. The van der Waals surface area contributed by atoms with Crippen molar-refractivity contribution in [1.82, 2.24) is 19.7 Å². The number of esters is 1. The SMILES string of the molecule is CCOC(=O)c1cc(Br)nn1-c1cnccn1. The molecule has 0 bridgehead atoms. The van der Waals surface area contributed by atoms with E-state index in [9.17, 15) is 4.79 Å². The van der Waals surface area contributed by atoms with E-state index in [2.05, 4.69) is 31.0 Å². The number of halogens is 1. The van der Waals surface area contributed by atoms with Crippen LogP contribution in [0.5, 0.6) is 0 Å². The summed E-state index contributed by atoms with van der Waals surface area (Å²) in [6.45, 7) is 2.05. The molecular formula is C10H9BrN4O2. The Balaban J connectivity index is 2.44. The highest BCUT2D eigenvalue weighted by Crippen LogP contribution is 2.15. The van der Waals surface area contributed by atoms with Crippen molar-refractivity contribution in [2.24, 2.45) is 0 Å². The van der Waals surface area contributed by atoms with Crippen molar-refractivity contribution in [3.8, 4) is 5.82 Å². The van der Waals surface area contributed by atoms with Crippen molar-refractivity contribution in [2.75, 3.05) is 6.61 Å². The van der Waals surface area contributed by atoms with E-state index in [1.165, 1.54) is 17.1 Å². The molecule has 0 aliphatic heterocycles. The second kappa shape index (κ2) is 5.05.